The van der Waals surface area contributed by atoms with Crippen molar-refractivity contribution < 1.29 is 13.2 Å². The van der Waals surface area contributed by atoms with Gasteiger partial charge in [0.2, 0.25) is 10.0 Å². The van der Waals surface area contributed by atoms with Crippen molar-refractivity contribution in [1.29, 1.82) is 0 Å². The van der Waals surface area contributed by atoms with E-state index in [-0.39, 0.29) is 16.8 Å². The van der Waals surface area contributed by atoms with E-state index in [2.05, 4.69) is 11.4 Å². The van der Waals surface area contributed by atoms with Crippen molar-refractivity contribution in [2.24, 2.45) is 0 Å². The van der Waals surface area contributed by atoms with Crippen LogP contribution in [-0.2, 0) is 10.0 Å². The highest BCUT2D eigenvalue weighted by Gasteiger charge is 2.19. The first-order valence-corrected chi connectivity index (χ1v) is 9.47. The number of rotatable bonds is 5. The van der Waals surface area contributed by atoms with E-state index in [1.807, 2.05) is 32.9 Å². The predicted molar refractivity (Wildman–Crippen MR) is 99.1 cm³/mol. The molecule has 1 N–H and O–H groups in total. The molecular formula is C19H24N2O3S. The summed E-state index contributed by atoms with van der Waals surface area (Å²) >= 11 is 0. The number of carbonyl (C=O) groups is 1. The molecule has 2 aromatic carbocycles. The SMILES string of the molecule is Cc1ccc([C@H](C)NC(=O)c2cccc(S(=O)(=O)N(C)C)c2)c(C)c1. The molecule has 6 heteroatoms. The van der Waals surface area contributed by atoms with E-state index in [4.69, 9.17) is 0 Å². The molecule has 0 saturated carbocycles. The Balaban J connectivity index is 2.24. The Kier molecular flexibility index (Phi) is 5.65. The minimum atomic E-state index is -3.57. The van der Waals surface area contributed by atoms with E-state index in [0.717, 1.165) is 15.4 Å². The van der Waals surface area contributed by atoms with Crippen molar-refractivity contribution >= 4 is 15.9 Å². The van der Waals surface area contributed by atoms with Gasteiger partial charge in [-0.05, 0) is 50.1 Å². The van der Waals surface area contributed by atoms with Crippen LogP contribution >= 0.6 is 0 Å². The summed E-state index contributed by atoms with van der Waals surface area (Å²) in [5.74, 6) is -0.303. The van der Waals surface area contributed by atoms with Gasteiger partial charge in [0.1, 0.15) is 0 Å². The van der Waals surface area contributed by atoms with Gasteiger partial charge in [0, 0.05) is 19.7 Å². The lowest BCUT2D eigenvalue weighted by Crippen LogP contribution is -2.28. The maximum absolute atomic E-state index is 12.5. The third-order valence-corrected chi connectivity index (χ3v) is 5.93. The first-order valence-electron chi connectivity index (χ1n) is 8.03. The average Bonchev–Trinajstić information content (AvgIpc) is 2.54. The van der Waals surface area contributed by atoms with Crippen LogP contribution in [0.15, 0.2) is 47.4 Å². The number of hydrogen-bond donors (Lipinski definition) is 1. The quantitative estimate of drug-likeness (QED) is 0.891. The lowest BCUT2D eigenvalue weighted by atomic mass is 10.00. The van der Waals surface area contributed by atoms with Crippen molar-refractivity contribution in [2.45, 2.75) is 31.7 Å². The highest BCUT2D eigenvalue weighted by atomic mass is 32.2. The molecule has 0 aliphatic carbocycles. The largest absolute Gasteiger partial charge is 0.346 e. The standard InChI is InChI=1S/C19H24N2O3S/c1-13-9-10-18(14(2)11-13)15(3)20-19(22)16-7-6-8-17(12-16)25(23,24)21(4)5/h6-12,15H,1-5H3,(H,20,22)/t15-/m0/s1. The molecular weight excluding hydrogens is 336 g/mol. The molecule has 1 amide bonds. The summed E-state index contributed by atoms with van der Waals surface area (Å²) in [7, 11) is -0.646. The molecule has 0 aromatic heterocycles. The first kappa shape index (κ1) is 19.1. The third kappa shape index (κ3) is 4.27. The molecule has 0 aliphatic rings. The van der Waals surface area contributed by atoms with Gasteiger partial charge in [0.15, 0.2) is 0 Å². The zero-order valence-corrected chi connectivity index (χ0v) is 16.0. The second-order valence-corrected chi connectivity index (χ2v) is 8.52. The smallest absolute Gasteiger partial charge is 0.251 e. The molecule has 0 unspecified atom stereocenters. The first-order chi connectivity index (χ1) is 11.6. The summed E-state index contributed by atoms with van der Waals surface area (Å²) in [4.78, 5) is 12.6. The third-order valence-electron chi connectivity index (χ3n) is 4.11. The van der Waals surface area contributed by atoms with Gasteiger partial charge < -0.3 is 5.32 Å². The Hall–Kier alpha value is -2.18. The highest BCUT2D eigenvalue weighted by molar-refractivity contribution is 7.89. The maximum Gasteiger partial charge on any atom is 0.251 e. The Bertz CT molecular complexity index is 889. The fourth-order valence-corrected chi connectivity index (χ4v) is 3.63. The zero-order valence-electron chi connectivity index (χ0n) is 15.2. The summed E-state index contributed by atoms with van der Waals surface area (Å²) in [6.45, 7) is 5.95. The number of hydrogen-bond acceptors (Lipinski definition) is 3. The highest BCUT2D eigenvalue weighted by Crippen LogP contribution is 2.20. The predicted octanol–water partition coefficient (Wildman–Crippen LogP) is 3.04. The molecule has 0 fully saturated rings. The van der Waals surface area contributed by atoms with E-state index >= 15 is 0 Å². The monoisotopic (exact) mass is 360 g/mol. The van der Waals surface area contributed by atoms with E-state index in [9.17, 15) is 13.2 Å². The van der Waals surface area contributed by atoms with Crippen LogP contribution in [0.5, 0.6) is 0 Å². The zero-order chi connectivity index (χ0) is 18.8. The van der Waals surface area contributed by atoms with Crippen LogP contribution in [0.1, 0.15) is 40.0 Å². The van der Waals surface area contributed by atoms with Gasteiger partial charge in [-0.2, -0.15) is 0 Å². The summed E-state index contributed by atoms with van der Waals surface area (Å²) < 4.78 is 25.6. The molecule has 0 aliphatic heterocycles. The van der Waals surface area contributed by atoms with Crippen molar-refractivity contribution in [3.05, 3.63) is 64.7 Å². The van der Waals surface area contributed by atoms with Crippen LogP contribution in [0.25, 0.3) is 0 Å². The minimum Gasteiger partial charge on any atom is -0.346 e. The number of aryl methyl sites for hydroxylation is 2. The summed E-state index contributed by atoms with van der Waals surface area (Å²) in [6.07, 6.45) is 0. The summed E-state index contributed by atoms with van der Waals surface area (Å²) in [5, 5.41) is 2.93. The second kappa shape index (κ2) is 7.37. The molecule has 25 heavy (non-hydrogen) atoms. The lowest BCUT2D eigenvalue weighted by Gasteiger charge is -2.18. The molecule has 0 radical (unpaired) electrons. The Morgan fingerprint density at radius 1 is 1.08 bits per heavy atom. The van der Waals surface area contributed by atoms with Gasteiger partial charge in [-0.15, -0.1) is 0 Å². The average molecular weight is 360 g/mol. The molecule has 0 saturated heterocycles. The molecule has 0 heterocycles. The molecule has 5 nitrogen and oxygen atoms in total. The van der Waals surface area contributed by atoms with Crippen molar-refractivity contribution in [2.75, 3.05) is 14.1 Å². The fraction of sp³-hybridized carbons (Fsp3) is 0.316. The summed E-state index contributed by atoms with van der Waals surface area (Å²) in [6, 6.07) is 12.0. The fourth-order valence-electron chi connectivity index (χ4n) is 2.68. The molecule has 134 valence electrons. The van der Waals surface area contributed by atoms with E-state index in [0.29, 0.717) is 5.56 Å². The van der Waals surface area contributed by atoms with Gasteiger partial charge in [-0.25, -0.2) is 12.7 Å². The van der Waals surface area contributed by atoms with E-state index in [1.165, 1.54) is 31.8 Å². The van der Waals surface area contributed by atoms with Crippen LogP contribution in [-0.4, -0.2) is 32.7 Å². The maximum atomic E-state index is 12.5. The lowest BCUT2D eigenvalue weighted by molar-refractivity contribution is 0.0939. The minimum absolute atomic E-state index is 0.101. The number of nitrogens with zero attached hydrogens (tertiary/aromatic N) is 1. The van der Waals surface area contributed by atoms with Gasteiger partial charge >= 0.3 is 0 Å². The van der Waals surface area contributed by atoms with E-state index < -0.39 is 10.0 Å². The topological polar surface area (TPSA) is 66.5 Å². The molecule has 0 bridgehead atoms. The normalized spacial score (nSPS) is 12.9. The van der Waals surface area contributed by atoms with Gasteiger partial charge in [0.25, 0.3) is 5.91 Å². The molecule has 1 atom stereocenters. The Labute approximate surface area is 149 Å². The number of nitrogens with one attached hydrogen (secondary N) is 1. The van der Waals surface area contributed by atoms with Crippen LogP contribution < -0.4 is 5.32 Å². The van der Waals surface area contributed by atoms with Crippen LogP contribution in [0.4, 0.5) is 0 Å². The number of amides is 1. The van der Waals surface area contributed by atoms with Gasteiger partial charge in [0.05, 0.1) is 10.9 Å². The molecule has 0 spiro atoms. The van der Waals surface area contributed by atoms with Gasteiger partial charge in [-0.1, -0.05) is 29.8 Å². The van der Waals surface area contributed by atoms with Crippen LogP contribution in [0, 0.1) is 13.8 Å². The molecule has 2 aromatic rings. The number of sulfonamides is 1. The second-order valence-electron chi connectivity index (χ2n) is 6.37. The number of benzene rings is 2. The van der Waals surface area contributed by atoms with Crippen molar-refractivity contribution in [3.63, 3.8) is 0 Å². The van der Waals surface area contributed by atoms with Crippen LogP contribution in [0.3, 0.4) is 0 Å². The van der Waals surface area contributed by atoms with Crippen molar-refractivity contribution in [1.82, 2.24) is 9.62 Å². The Morgan fingerprint density at radius 3 is 2.36 bits per heavy atom. The van der Waals surface area contributed by atoms with Crippen LogP contribution in [0.2, 0.25) is 0 Å². The molecule has 2 rings (SSSR count). The number of carbonyl (C=O) groups excluding carboxylic acids is 1. The van der Waals surface area contributed by atoms with Gasteiger partial charge in [-0.3, -0.25) is 4.79 Å². The van der Waals surface area contributed by atoms with E-state index in [1.54, 1.807) is 12.1 Å². The summed E-state index contributed by atoms with van der Waals surface area (Å²) in [5.41, 5.74) is 3.63. The van der Waals surface area contributed by atoms with Crippen molar-refractivity contribution in [3.8, 4) is 0 Å². The Morgan fingerprint density at radius 2 is 1.76 bits per heavy atom.